The van der Waals surface area contributed by atoms with E-state index in [1.807, 2.05) is 6.07 Å². The Balaban J connectivity index is 1.85. The summed E-state index contributed by atoms with van der Waals surface area (Å²) in [4.78, 5) is 16.6. The molecule has 1 aromatic rings. The van der Waals surface area contributed by atoms with Gasteiger partial charge in [-0.3, -0.25) is 20.0 Å². The number of carbonyl (C=O) groups is 1. The van der Waals surface area contributed by atoms with Gasteiger partial charge in [-0.2, -0.15) is 0 Å². The number of nitrogens with two attached hydrogens (primary N) is 1. The standard InChI is InChI=1S/C16H26N4O/c1-2-6-15(16(21)18-17)20-11-9-19(10-12-20)13-14-7-4-3-5-8-14/h3-5,7-8,15H,2,6,9-13,17H2,1H3,(H,18,21). The van der Waals surface area contributed by atoms with E-state index in [9.17, 15) is 4.79 Å². The van der Waals surface area contributed by atoms with E-state index >= 15 is 0 Å². The third kappa shape index (κ3) is 4.52. The summed E-state index contributed by atoms with van der Waals surface area (Å²) in [6, 6.07) is 10.4. The number of hydrazine groups is 1. The van der Waals surface area contributed by atoms with Crippen LogP contribution in [0.2, 0.25) is 0 Å². The smallest absolute Gasteiger partial charge is 0.251 e. The van der Waals surface area contributed by atoms with Crippen molar-refractivity contribution >= 4 is 5.91 Å². The molecule has 116 valence electrons. The molecule has 2 rings (SSSR count). The van der Waals surface area contributed by atoms with Crippen molar-refractivity contribution < 1.29 is 4.79 Å². The number of carbonyl (C=O) groups excluding carboxylic acids is 1. The Bertz CT molecular complexity index is 429. The van der Waals surface area contributed by atoms with Gasteiger partial charge in [0.2, 0.25) is 0 Å². The average molecular weight is 290 g/mol. The molecule has 0 saturated carbocycles. The van der Waals surface area contributed by atoms with E-state index in [2.05, 4.69) is 46.4 Å². The number of rotatable bonds is 6. The van der Waals surface area contributed by atoms with Crippen LogP contribution in [-0.4, -0.2) is 47.9 Å². The van der Waals surface area contributed by atoms with Gasteiger partial charge in [-0.15, -0.1) is 0 Å². The number of amides is 1. The summed E-state index contributed by atoms with van der Waals surface area (Å²) in [5.41, 5.74) is 3.65. The fourth-order valence-electron chi connectivity index (χ4n) is 2.92. The van der Waals surface area contributed by atoms with Gasteiger partial charge in [0.05, 0.1) is 6.04 Å². The predicted molar refractivity (Wildman–Crippen MR) is 84.3 cm³/mol. The van der Waals surface area contributed by atoms with Crippen LogP contribution < -0.4 is 11.3 Å². The molecular weight excluding hydrogens is 264 g/mol. The minimum atomic E-state index is -0.0844. The summed E-state index contributed by atoms with van der Waals surface area (Å²) in [5.74, 6) is 5.24. The Labute approximate surface area is 127 Å². The van der Waals surface area contributed by atoms with Crippen LogP contribution in [-0.2, 0) is 11.3 Å². The molecule has 1 aromatic carbocycles. The molecular formula is C16H26N4O. The average Bonchev–Trinajstić information content (AvgIpc) is 2.54. The van der Waals surface area contributed by atoms with Crippen LogP contribution in [0.4, 0.5) is 0 Å². The maximum absolute atomic E-state index is 11.9. The van der Waals surface area contributed by atoms with Gasteiger partial charge in [0.15, 0.2) is 0 Å². The van der Waals surface area contributed by atoms with Crippen LogP contribution in [0, 0.1) is 0 Å². The second kappa shape index (κ2) is 8.12. The van der Waals surface area contributed by atoms with Crippen LogP contribution in [0.5, 0.6) is 0 Å². The van der Waals surface area contributed by atoms with E-state index in [1.165, 1.54) is 5.56 Å². The Morgan fingerprint density at radius 1 is 1.24 bits per heavy atom. The van der Waals surface area contributed by atoms with Gasteiger partial charge >= 0.3 is 0 Å². The number of nitrogens with one attached hydrogen (secondary N) is 1. The summed E-state index contributed by atoms with van der Waals surface area (Å²) in [7, 11) is 0. The first-order valence-corrected chi connectivity index (χ1v) is 7.75. The highest BCUT2D eigenvalue weighted by Crippen LogP contribution is 2.13. The van der Waals surface area contributed by atoms with E-state index in [0.717, 1.165) is 45.6 Å². The lowest BCUT2D eigenvalue weighted by atomic mass is 10.1. The molecule has 0 aliphatic carbocycles. The molecule has 1 fully saturated rings. The summed E-state index contributed by atoms with van der Waals surface area (Å²) < 4.78 is 0. The fourth-order valence-corrected chi connectivity index (χ4v) is 2.92. The van der Waals surface area contributed by atoms with Crippen LogP contribution in [0.3, 0.4) is 0 Å². The van der Waals surface area contributed by atoms with Crippen LogP contribution in [0.15, 0.2) is 30.3 Å². The van der Waals surface area contributed by atoms with Crippen molar-refractivity contribution in [3.8, 4) is 0 Å². The third-order valence-electron chi connectivity index (χ3n) is 4.10. The zero-order valence-electron chi connectivity index (χ0n) is 12.8. The van der Waals surface area contributed by atoms with Crippen LogP contribution in [0.1, 0.15) is 25.3 Å². The summed E-state index contributed by atoms with van der Waals surface area (Å²) in [6.45, 7) is 6.91. The molecule has 1 aliphatic heterocycles. The normalized spacial score (nSPS) is 18.4. The Morgan fingerprint density at radius 3 is 2.48 bits per heavy atom. The number of piperazine rings is 1. The molecule has 0 aromatic heterocycles. The Hall–Kier alpha value is -1.43. The summed E-state index contributed by atoms with van der Waals surface area (Å²) in [5, 5.41) is 0. The zero-order chi connectivity index (χ0) is 15.1. The van der Waals surface area contributed by atoms with Gasteiger partial charge in [0, 0.05) is 32.7 Å². The third-order valence-corrected chi connectivity index (χ3v) is 4.10. The van der Waals surface area contributed by atoms with Crippen LogP contribution >= 0.6 is 0 Å². The van der Waals surface area contributed by atoms with Crippen molar-refractivity contribution in [2.45, 2.75) is 32.4 Å². The van der Waals surface area contributed by atoms with E-state index in [0.29, 0.717) is 0 Å². The number of benzene rings is 1. The maximum atomic E-state index is 11.9. The van der Waals surface area contributed by atoms with E-state index < -0.39 is 0 Å². The second-order valence-corrected chi connectivity index (χ2v) is 5.61. The minimum Gasteiger partial charge on any atom is -0.297 e. The molecule has 1 amide bonds. The van der Waals surface area contributed by atoms with Gasteiger partial charge in [-0.25, -0.2) is 5.84 Å². The van der Waals surface area contributed by atoms with Crippen LogP contribution in [0.25, 0.3) is 0 Å². The highest BCUT2D eigenvalue weighted by molar-refractivity contribution is 5.81. The molecule has 1 aliphatic rings. The minimum absolute atomic E-state index is 0.0617. The van der Waals surface area contributed by atoms with Gasteiger partial charge < -0.3 is 0 Å². The topological polar surface area (TPSA) is 61.6 Å². The first-order chi connectivity index (χ1) is 10.2. The highest BCUT2D eigenvalue weighted by Gasteiger charge is 2.27. The SMILES string of the molecule is CCCC(C(=O)NN)N1CCN(Cc2ccccc2)CC1. The van der Waals surface area contributed by atoms with Gasteiger partial charge in [0.25, 0.3) is 5.91 Å². The van der Waals surface area contributed by atoms with Crippen molar-refractivity contribution in [3.63, 3.8) is 0 Å². The van der Waals surface area contributed by atoms with Crippen molar-refractivity contribution in [1.29, 1.82) is 0 Å². The second-order valence-electron chi connectivity index (χ2n) is 5.61. The number of nitrogens with zero attached hydrogens (tertiary/aromatic N) is 2. The lowest BCUT2D eigenvalue weighted by molar-refractivity contribution is -0.127. The lowest BCUT2D eigenvalue weighted by Gasteiger charge is -2.38. The lowest BCUT2D eigenvalue weighted by Crippen LogP contribution is -2.55. The molecule has 0 spiro atoms. The van der Waals surface area contributed by atoms with E-state index in [1.54, 1.807) is 0 Å². The predicted octanol–water partition coefficient (Wildman–Crippen LogP) is 0.963. The molecule has 0 radical (unpaired) electrons. The maximum Gasteiger partial charge on any atom is 0.251 e. The Morgan fingerprint density at radius 2 is 1.90 bits per heavy atom. The largest absolute Gasteiger partial charge is 0.297 e. The first kappa shape index (κ1) is 15.9. The molecule has 5 heteroatoms. The van der Waals surface area contributed by atoms with Crippen molar-refractivity contribution in [2.24, 2.45) is 5.84 Å². The first-order valence-electron chi connectivity index (χ1n) is 7.75. The molecule has 21 heavy (non-hydrogen) atoms. The van der Waals surface area contributed by atoms with Crippen molar-refractivity contribution in [2.75, 3.05) is 26.2 Å². The highest BCUT2D eigenvalue weighted by atomic mass is 16.2. The van der Waals surface area contributed by atoms with Crippen molar-refractivity contribution in [1.82, 2.24) is 15.2 Å². The molecule has 3 N–H and O–H groups in total. The molecule has 0 bridgehead atoms. The Kier molecular flexibility index (Phi) is 6.17. The summed E-state index contributed by atoms with van der Waals surface area (Å²) in [6.07, 6.45) is 1.85. The number of hydrogen-bond donors (Lipinski definition) is 2. The monoisotopic (exact) mass is 290 g/mol. The van der Waals surface area contributed by atoms with Crippen molar-refractivity contribution in [3.05, 3.63) is 35.9 Å². The molecule has 1 atom stereocenters. The van der Waals surface area contributed by atoms with Gasteiger partial charge in [-0.05, 0) is 12.0 Å². The molecule has 1 heterocycles. The van der Waals surface area contributed by atoms with E-state index in [-0.39, 0.29) is 11.9 Å². The van der Waals surface area contributed by atoms with Gasteiger partial charge in [-0.1, -0.05) is 43.7 Å². The fraction of sp³-hybridized carbons (Fsp3) is 0.562. The number of hydrogen-bond acceptors (Lipinski definition) is 4. The zero-order valence-corrected chi connectivity index (χ0v) is 12.8. The molecule has 5 nitrogen and oxygen atoms in total. The molecule has 1 saturated heterocycles. The molecule has 1 unspecified atom stereocenters. The van der Waals surface area contributed by atoms with E-state index in [4.69, 9.17) is 5.84 Å². The quantitative estimate of drug-likeness (QED) is 0.465. The van der Waals surface area contributed by atoms with Gasteiger partial charge in [0.1, 0.15) is 0 Å². The summed E-state index contributed by atoms with van der Waals surface area (Å²) >= 11 is 0.